The van der Waals surface area contributed by atoms with Crippen LogP contribution in [0.5, 0.6) is 5.75 Å². The number of para-hydroxylation sites is 1. The Hall–Kier alpha value is -3.84. The summed E-state index contributed by atoms with van der Waals surface area (Å²) in [5.41, 5.74) is 1.11. The summed E-state index contributed by atoms with van der Waals surface area (Å²) in [5, 5.41) is 23.0. The average Bonchev–Trinajstić information content (AvgIpc) is 2.74. The van der Waals surface area contributed by atoms with Gasteiger partial charge in [0.2, 0.25) is 0 Å². The van der Waals surface area contributed by atoms with Gasteiger partial charge in [0.25, 0.3) is 0 Å². The molecule has 3 aromatic carbocycles. The van der Waals surface area contributed by atoms with Crippen LogP contribution in [0.2, 0.25) is 0 Å². The number of phenolic OH excluding ortho intramolecular Hbond substituents is 1. The number of phenols is 1. The number of nitrogens with one attached hydrogen (secondary N) is 1. The van der Waals surface area contributed by atoms with E-state index in [1.165, 1.54) is 19.3 Å². The normalized spacial score (nSPS) is 13.1. The van der Waals surface area contributed by atoms with Crippen LogP contribution >= 0.6 is 0 Å². The summed E-state index contributed by atoms with van der Waals surface area (Å²) in [6, 6.07) is 19.0. The van der Waals surface area contributed by atoms with Crippen LogP contribution in [0.3, 0.4) is 0 Å². The highest BCUT2D eigenvalue weighted by atomic mass is 16.6. The Labute approximate surface area is 173 Å². The third-order valence-corrected chi connectivity index (χ3v) is 4.49. The standard InChI is InChI=1S/C23H21NO6/c1-29-20(13-14-21(26)27)22(30-23(28)24-15-7-3-2-4-8-15)18-11-12-19(25)17-10-6-5-9-16(17)18/h2-14,20,22,25H,1H3,(H,24,28)(H,26,27)/b14-13+/t20-,22-/m0/s1. The number of hydrogen-bond acceptors (Lipinski definition) is 5. The second kappa shape index (κ2) is 9.58. The maximum atomic E-state index is 12.6. The highest BCUT2D eigenvalue weighted by Gasteiger charge is 2.28. The third-order valence-electron chi connectivity index (χ3n) is 4.49. The van der Waals surface area contributed by atoms with E-state index in [-0.39, 0.29) is 5.75 Å². The zero-order valence-electron chi connectivity index (χ0n) is 16.2. The van der Waals surface area contributed by atoms with E-state index < -0.39 is 24.3 Å². The molecule has 0 saturated heterocycles. The van der Waals surface area contributed by atoms with Crippen LogP contribution in [-0.2, 0) is 14.3 Å². The molecule has 0 aliphatic rings. The summed E-state index contributed by atoms with van der Waals surface area (Å²) in [7, 11) is 1.39. The van der Waals surface area contributed by atoms with Crippen LogP contribution in [0.4, 0.5) is 10.5 Å². The summed E-state index contributed by atoms with van der Waals surface area (Å²) in [5.74, 6) is -1.07. The van der Waals surface area contributed by atoms with E-state index in [0.717, 1.165) is 6.08 Å². The van der Waals surface area contributed by atoms with Crippen LogP contribution in [-0.4, -0.2) is 35.5 Å². The van der Waals surface area contributed by atoms with E-state index in [1.807, 2.05) is 6.07 Å². The van der Waals surface area contributed by atoms with Gasteiger partial charge in [0.05, 0.1) is 0 Å². The van der Waals surface area contributed by atoms with Crippen molar-refractivity contribution in [2.75, 3.05) is 12.4 Å². The number of amides is 1. The lowest BCUT2D eigenvalue weighted by Gasteiger charge is -2.25. The zero-order chi connectivity index (χ0) is 21.5. The number of aromatic hydroxyl groups is 1. The number of ether oxygens (including phenoxy) is 2. The topological polar surface area (TPSA) is 105 Å². The maximum Gasteiger partial charge on any atom is 0.412 e. The molecule has 2 atom stereocenters. The molecule has 0 aromatic heterocycles. The van der Waals surface area contributed by atoms with Gasteiger partial charge in [-0.15, -0.1) is 0 Å². The molecule has 0 fully saturated rings. The summed E-state index contributed by atoms with van der Waals surface area (Å²) in [4.78, 5) is 23.6. The van der Waals surface area contributed by atoms with Crippen molar-refractivity contribution in [3.05, 3.63) is 84.4 Å². The molecule has 0 aliphatic heterocycles. The van der Waals surface area contributed by atoms with Crippen LogP contribution in [0.1, 0.15) is 11.7 Å². The Bertz CT molecular complexity index is 1060. The molecule has 0 bridgehead atoms. The molecule has 0 heterocycles. The molecule has 154 valence electrons. The molecule has 0 aliphatic carbocycles. The zero-order valence-corrected chi connectivity index (χ0v) is 16.2. The van der Waals surface area contributed by atoms with E-state index in [4.69, 9.17) is 14.6 Å². The predicted molar refractivity (Wildman–Crippen MR) is 112 cm³/mol. The van der Waals surface area contributed by atoms with Crippen LogP contribution in [0.15, 0.2) is 78.9 Å². The number of carbonyl (C=O) groups excluding carboxylic acids is 1. The number of fused-ring (bicyclic) bond motifs is 1. The number of rotatable bonds is 7. The predicted octanol–water partition coefficient (Wildman–Crippen LogP) is 4.49. The number of anilines is 1. The maximum absolute atomic E-state index is 12.6. The molecule has 30 heavy (non-hydrogen) atoms. The Morgan fingerprint density at radius 2 is 1.63 bits per heavy atom. The molecule has 3 rings (SSSR count). The monoisotopic (exact) mass is 407 g/mol. The number of aliphatic carboxylic acids is 1. The molecule has 7 heteroatoms. The number of carboxylic acid groups (broad SMARTS) is 1. The van der Waals surface area contributed by atoms with Crippen molar-refractivity contribution in [3.8, 4) is 5.75 Å². The van der Waals surface area contributed by atoms with Crippen molar-refractivity contribution in [2.45, 2.75) is 12.2 Å². The first-order valence-corrected chi connectivity index (χ1v) is 9.17. The van der Waals surface area contributed by atoms with Gasteiger partial charge in [-0.1, -0.05) is 48.5 Å². The largest absolute Gasteiger partial charge is 0.507 e. The van der Waals surface area contributed by atoms with Gasteiger partial charge in [-0.05, 0) is 29.7 Å². The van der Waals surface area contributed by atoms with Crippen molar-refractivity contribution in [1.29, 1.82) is 0 Å². The quantitative estimate of drug-likeness (QED) is 0.499. The summed E-state index contributed by atoms with van der Waals surface area (Å²) >= 11 is 0. The van der Waals surface area contributed by atoms with E-state index >= 15 is 0 Å². The van der Waals surface area contributed by atoms with E-state index in [9.17, 15) is 14.7 Å². The highest BCUT2D eigenvalue weighted by molar-refractivity contribution is 5.92. The number of benzene rings is 3. The molecule has 0 radical (unpaired) electrons. The van der Waals surface area contributed by atoms with E-state index in [1.54, 1.807) is 54.6 Å². The minimum absolute atomic E-state index is 0.0804. The SMILES string of the molecule is CO[C@@H](/C=C/C(=O)O)[C@@H](OC(=O)Nc1ccccc1)c1ccc(O)c2ccccc12. The van der Waals surface area contributed by atoms with Crippen molar-refractivity contribution in [3.63, 3.8) is 0 Å². The fraction of sp³-hybridized carbons (Fsp3) is 0.130. The number of carbonyl (C=O) groups is 2. The van der Waals surface area contributed by atoms with Gasteiger partial charge in [0, 0.05) is 29.8 Å². The van der Waals surface area contributed by atoms with Gasteiger partial charge in [0.1, 0.15) is 11.9 Å². The van der Waals surface area contributed by atoms with Crippen molar-refractivity contribution >= 4 is 28.5 Å². The first kappa shape index (κ1) is 20.9. The van der Waals surface area contributed by atoms with Crippen LogP contribution < -0.4 is 5.32 Å². The summed E-state index contributed by atoms with van der Waals surface area (Å²) in [6.07, 6.45) is -0.336. The summed E-state index contributed by atoms with van der Waals surface area (Å²) in [6.45, 7) is 0. The number of hydrogen-bond donors (Lipinski definition) is 3. The van der Waals surface area contributed by atoms with Gasteiger partial charge < -0.3 is 19.7 Å². The molecule has 7 nitrogen and oxygen atoms in total. The molecule has 1 amide bonds. The lowest BCUT2D eigenvalue weighted by molar-refractivity contribution is -0.131. The minimum Gasteiger partial charge on any atom is -0.507 e. The second-order valence-electron chi connectivity index (χ2n) is 6.43. The van der Waals surface area contributed by atoms with Gasteiger partial charge in [-0.2, -0.15) is 0 Å². The first-order chi connectivity index (χ1) is 14.5. The van der Waals surface area contributed by atoms with Crippen LogP contribution in [0, 0.1) is 0 Å². The van der Waals surface area contributed by atoms with Gasteiger partial charge in [-0.25, -0.2) is 9.59 Å². The van der Waals surface area contributed by atoms with Gasteiger partial charge in [-0.3, -0.25) is 5.32 Å². The molecule has 0 unspecified atom stereocenters. The number of carboxylic acids is 1. The van der Waals surface area contributed by atoms with Crippen molar-refractivity contribution < 1.29 is 29.3 Å². The van der Waals surface area contributed by atoms with E-state index in [0.29, 0.717) is 22.0 Å². The lowest BCUT2D eigenvalue weighted by atomic mass is 9.96. The lowest BCUT2D eigenvalue weighted by Crippen LogP contribution is -2.27. The van der Waals surface area contributed by atoms with Gasteiger partial charge in [0.15, 0.2) is 6.10 Å². The first-order valence-electron chi connectivity index (χ1n) is 9.17. The third kappa shape index (κ3) is 4.95. The number of methoxy groups -OCH3 is 1. The Kier molecular flexibility index (Phi) is 6.67. The molecule has 3 N–H and O–H groups in total. The Morgan fingerprint density at radius 3 is 2.30 bits per heavy atom. The van der Waals surface area contributed by atoms with Crippen molar-refractivity contribution in [1.82, 2.24) is 0 Å². The second-order valence-corrected chi connectivity index (χ2v) is 6.43. The molecular formula is C23H21NO6. The molecule has 3 aromatic rings. The van der Waals surface area contributed by atoms with E-state index in [2.05, 4.69) is 5.32 Å². The van der Waals surface area contributed by atoms with Gasteiger partial charge >= 0.3 is 12.1 Å². The molecule has 0 saturated carbocycles. The minimum atomic E-state index is -1.15. The molecule has 0 spiro atoms. The summed E-state index contributed by atoms with van der Waals surface area (Å²) < 4.78 is 11.1. The fourth-order valence-corrected chi connectivity index (χ4v) is 3.13. The van der Waals surface area contributed by atoms with Crippen molar-refractivity contribution in [2.24, 2.45) is 0 Å². The highest BCUT2D eigenvalue weighted by Crippen LogP contribution is 2.35. The fourth-order valence-electron chi connectivity index (χ4n) is 3.13. The Balaban J connectivity index is 2.00. The average molecular weight is 407 g/mol. The Morgan fingerprint density at radius 1 is 0.967 bits per heavy atom. The van der Waals surface area contributed by atoms with Crippen LogP contribution in [0.25, 0.3) is 10.8 Å². The molecular weight excluding hydrogens is 386 g/mol. The smallest absolute Gasteiger partial charge is 0.412 e.